The van der Waals surface area contributed by atoms with E-state index in [1.807, 2.05) is 36.6 Å². The number of hydrogen-bond acceptors (Lipinski definition) is 8. The number of thiophene rings is 1. The van der Waals surface area contributed by atoms with Gasteiger partial charge in [-0.3, -0.25) is 14.2 Å². The van der Waals surface area contributed by atoms with E-state index in [4.69, 9.17) is 4.74 Å². The molecule has 0 aliphatic heterocycles. The van der Waals surface area contributed by atoms with E-state index in [1.165, 1.54) is 33.6 Å². The number of hydrogen-bond donors (Lipinski definition) is 1. The van der Waals surface area contributed by atoms with Gasteiger partial charge >= 0.3 is 5.97 Å². The summed E-state index contributed by atoms with van der Waals surface area (Å²) in [5.41, 5.74) is 3.67. The van der Waals surface area contributed by atoms with E-state index in [0.29, 0.717) is 33.0 Å². The van der Waals surface area contributed by atoms with Crippen LogP contribution in [0.15, 0.2) is 59.0 Å². The third kappa shape index (κ3) is 4.58. The van der Waals surface area contributed by atoms with Gasteiger partial charge in [-0.25, -0.2) is 14.8 Å². The number of rotatable bonds is 6. The number of benzene rings is 2. The lowest BCUT2D eigenvalue weighted by molar-refractivity contribution is -0.116. The molecule has 0 bridgehead atoms. The normalized spacial score (nSPS) is 11.1. The third-order valence-corrected chi connectivity index (χ3v) is 7.20. The average Bonchev–Trinajstić information content (AvgIpc) is 3.45. The molecule has 8 nitrogen and oxygen atoms in total. The van der Waals surface area contributed by atoms with Gasteiger partial charge in [0.2, 0.25) is 5.91 Å². The van der Waals surface area contributed by atoms with Gasteiger partial charge in [-0.05, 0) is 37.6 Å². The standard InChI is InChI=1S/C25H20N4O4S2/c1-3-33-24(32)16-8-9-18-19(10-16)35-25(27-18)28-20(30)11-29-13-26-22-21(23(29)31)17(12-34-22)15-6-4-14(2)5-7-15/h4-10,12-13H,3,11H2,1-2H3,(H,27,28,30). The summed E-state index contributed by atoms with van der Waals surface area (Å²) in [6, 6.07) is 13.0. The van der Waals surface area contributed by atoms with Crippen molar-refractivity contribution in [2.45, 2.75) is 20.4 Å². The monoisotopic (exact) mass is 504 g/mol. The first-order valence-corrected chi connectivity index (χ1v) is 12.5. The fourth-order valence-electron chi connectivity index (χ4n) is 3.66. The van der Waals surface area contributed by atoms with Crippen molar-refractivity contribution in [1.29, 1.82) is 0 Å². The van der Waals surface area contributed by atoms with Crippen LogP contribution in [-0.4, -0.2) is 33.0 Å². The molecule has 3 aromatic heterocycles. The lowest BCUT2D eigenvalue weighted by Crippen LogP contribution is -2.27. The van der Waals surface area contributed by atoms with Crippen molar-refractivity contribution in [1.82, 2.24) is 14.5 Å². The minimum atomic E-state index is -0.408. The summed E-state index contributed by atoms with van der Waals surface area (Å²) in [6.45, 7) is 3.85. The molecule has 0 atom stereocenters. The van der Waals surface area contributed by atoms with E-state index < -0.39 is 11.9 Å². The Kier molecular flexibility index (Phi) is 6.14. The van der Waals surface area contributed by atoms with E-state index >= 15 is 0 Å². The predicted molar refractivity (Wildman–Crippen MR) is 138 cm³/mol. The zero-order valence-electron chi connectivity index (χ0n) is 18.9. The van der Waals surface area contributed by atoms with Crippen LogP contribution >= 0.6 is 22.7 Å². The van der Waals surface area contributed by atoms with Gasteiger partial charge in [0.05, 0.1) is 34.1 Å². The smallest absolute Gasteiger partial charge is 0.338 e. The second kappa shape index (κ2) is 9.40. The molecule has 2 aromatic carbocycles. The minimum Gasteiger partial charge on any atom is -0.462 e. The highest BCUT2D eigenvalue weighted by Crippen LogP contribution is 2.31. The van der Waals surface area contributed by atoms with Gasteiger partial charge < -0.3 is 10.1 Å². The number of thiazole rings is 1. The fraction of sp³-hybridized carbons (Fsp3) is 0.160. The highest BCUT2D eigenvalue weighted by atomic mass is 32.1. The topological polar surface area (TPSA) is 103 Å². The lowest BCUT2D eigenvalue weighted by Gasteiger charge is -2.06. The summed E-state index contributed by atoms with van der Waals surface area (Å²) in [5, 5.41) is 5.54. The van der Waals surface area contributed by atoms with Gasteiger partial charge in [0.15, 0.2) is 5.13 Å². The van der Waals surface area contributed by atoms with Gasteiger partial charge in [-0.1, -0.05) is 41.2 Å². The van der Waals surface area contributed by atoms with Crippen molar-refractivity contribution in [3.05, 3.63) is 75.7 Å². The van der Waals surface area contributed by atoms with Crippen LogP contribution in [0.3, 0.4) is 0 Å². The zero-order valence-corrected chi connectivity index (χ0v) is 20.5. The van der Waals surface area contributed by atoms with Crippen molar-refractivity contribution in [2.75, 3.05) is 11.9 Å². The molecule has 1 N–H and O–H groups in total. The van der Waals surface area contributed by atoms with Gasteiger partial charge in [-0.2, -0.15) is 0 Å². The fourth-order valence-corrected chi connectivity index (χ4v) is 5.49. The minimum absolute atomic E-state index is 0.199. The second-order valence-corrected chi connectivity index (χ2v) is 9.73. The zero-order chi connectivity index (χ0) is 24.5. The van der Waals surface area contributed by atoms with E-state index in [2.05, 4.69) is 15.3 Å². The molecule has 1 amide bonds. The molecule has 0 radical (unpaired) electrons. The maximum absolute atomic E-state index is 13.2. The van der Waals surface area contributed by atoms with Crippen LogP contribution in [0, 0.1) is 6.92 Å². The maximum Gasteiger partial charge on any atom is 0.338 e. The van der Waals surface area contributed by atoms with Crippen molar-refractivity contribution >= 4 is 60.1 Å². The Balaban J connectivity index is 1.38. The quantitative estimate of drug-likeness (QED) is 0.331. The first-order chi connectivity index (χ1) is 16.9. The first-order valence-electron chi connectivity index (χ1n) is 10.8. The molecule has 35 heavy (non-hydrogen) atoms. The second-order valence-electron chi connectivity index (χ2n) is 7.84. The third-order valence-electron chi connectivity index (χ3n) is 5.38. The Morgan fingerprint density at radius 3 is 2.71 bits per heavy atom. The number of amides is 1. The molecule has 0 fully saturated rings. The highest BCUT2D eigenvalue weighted by molar-refractivity contribution is 7.22. The molecular formula is C25H20N4O4S2. The Morgan fingerprint density at radius 2 is 1.94 bits per heavy atom. The SMILES string of the molecule is CCOC(=O)c1ccc2nc(NC(=O)Cn3cnc4scc(-c5ccc(C)cc5)c4c3=O)sc2c1. The molecule has 10 heteroatoms. The molecule has 0 spiro atoms. The number of anilines is 1. The molecule has 0 saturated carbocycles. The van der Waals surface area contributed by atoms with Crippen LogP contribution in [0.1, 0.15) is 22.8 Å². The highest BCUT2D eigenvalue weighted by Gasteiger charge is 2.16. The largest absolute Gasteiger partial charge is 0.462 e. The Bertz CT molecular complexity index is 1630. The molecule has 3 heterocycles. The van der Waals surface area contributed by atoms with Crippen LogP contribution in [-0.2, 0) is 16.1 Å². The van der Waals surface area contributed by atoms with Crippen molar-refractivity contribution in [3.63, 3.8) is 0 Å². The van der Waals surface area contributed by atoms with Crippen LogP contribution in [0.2, 0.25) is 0 Å². The molecule has 0 saturated heterocycles. The molecule has 0 aliphatic carbocycles. The molecule has 176 valence electrons. The number of aryl methyl sites for hydroxylation is 1. The van der Waals surface area contributed by atoms with Crippen LogP contribution in [0.4, 0.5) is 5.13 Å². The van der Waals surface area contributed by atoms with E-state index in [0.717, 1.165) is 21.4 Å². The first kappa shape index (κ1) is 22.9. The van der Waals surface area contributed by atoms with Crippen molar-refractivity contribution < 1.29 is 14.3 Å². The van der Waals surface area contributed by atoms with Gasteiger partial charge in [-0.15, -0.1) is 11.3 Å². The Labute approximate surface area is 207 Å². The summed E-state index contributed by atoms with van der Waals surface area (Å²) in [7, 11) is 0. The van der Waals surface area contributed by atoms with Crippen molar-refractivity contribution in [3.8, 4) is 11.1 Å². The van der Waals surface area contributed by atoms with Gasteiger partial charge in [0, 0.05) is 10.9 Å². The molecular weight excluding hydrogens is 484 g/mol. The Hall–Kier alpha value is -3.89. The summed E-state index contributed by atoms with van der Waals surface area (Å²) in [6.07, 6.45) is 1.39. The molecule has 5 aromatic rings. The number of ether oxygens (including phenoxy) is 1. The van der Waals surface area contributed by atoms with Gasteiger partial charge in [0.1, 0.15) is 11.4 Å². The van der Waals surface area contributed by atoms with Crippen LogP contribution in [0.5, 0.6) is 0 Å². The number of aromatic nitrogens is 3. The Morgan fingerprint density at radius 1 is 1.14 bits per heavy atom. The number of fused-ring (bicyclic) bond motifs is 2. The molecule has 0 aliphatic rings. The summed E-state index contributed by atoms with van der Waals surface area (Å²) >= 11 is 2.64. The van der Waals surface area contributed by atoms with Crippen LogP contribution < -0.4 is 10.9 Å². The number of carbonyl (C=O) groups is 2. The van der Waals surface area contributed by atoms with E-state index in [9.17, 15) is 14.4 Å². The molecule has 5 rings (SSSR count). The van der Waals surface area contributed by atoms with E-state index in [-0.39, 0.29) is 12.1 Å². The van der Waals surface area contributed by atoms with Crippen molar-refractivity contribution in [2.24, 2.45) is 0 Å². The number of carbonyl (C=O) groups excluding carboxylic acids is 2. The number of nitrogens with zero attached hydrogens (tertiary/aromatic N) is 3. The summed E-state index contributed by atoms with van der Waals surface area (Å²) < 4.78 is 7.07. The predicted octanol–water partition coefficient (Wildman–Crippen LogP) is 4.86. The van der Waals surface area contributed by atoms with E-state index in [1.54, 1.807) is 25.1 Å². The maximum atomic E-state index is 13.2. The average molecular weight is 505 g/mol. The van der Waals surface area contributed by atoms with Gasteiger partial charge in [0.25, 0.3) is 5.56 Å². The lowest BCUT2D eigenvalue weighted by atomic mass is 10.1. The molecule has 0 unspecified atom stereocenters. The summed E-state index contributed by atoms with van der Waals surface area (Å²) in [5.74, 6) is -0.806. The van der Waals surface area contributed by atoms with Crippen LogP contribution in [0.25, 0.3) is 31.6 Å². The number of esters is 1. The summed E-state index contributed by atoms with van der Waals surface area (Å²) in [4.78, 5) is 47.3. The number of nitrogens with one attached hydrogen (secondary N) is 1.